The highest BCUT2D eigenvalue weighted by Crippen LogP contribution is 2.38. The van der Waals surface area contributed by atoms with Crippen molar-refractivity contribution < 1.29 is 4.42 Å². The molecule has 0 aliphatic heterocycles. The Hall–Kier alpha value is -6.51. The maximum absolute atomic E-state index is 9.58. The molecule has 0 saturated heterocycles. The number of para-hydroxylation sites is 2. The Kier molecular flexibility index (Phi) is 5.81. The third-order valence-electron chi connectivity index (χ3n) is 8.63. The van der Waals surface area contributed by atoms with Crippen molar-refractivity contribution in [1.82, 2.24) is 14.5 Å². The number of furan rings is 1. The fourth-order valence-corrected chi connectivity index (χ4v) is 6.50. The summed E-state index contributed by atoms with van der Waals surface area (Å²) < 4.78 is 8.79. The molecule has 0 spiro atoms. The van der Waals surface area contributed by atoms with Crippen molar-refractivity contribution in [1.29, 1.82) is 5.26 Å². The number of nitrogens with zero attached hydrogens (tertiary/aromatic N) is 4. The molecule has 0 atom stereocenters. The molecule has 5 nitrogen and oxygen atoms in total. The van der Waals surface area contributed by atoms with Crippen LogP contribution in [0.2, 0.25) is 0 Å². The van der Waals surface area contributed by atoms with E-state index in [0.29, 0.717) is 22.7 Å². The normalized spacial score (nSPS) is 11.5. The molecular formula is C41H24N4O. The lowest BCUT2D eigenvalue weighted by Gasteiger charge is -2.10. The van der Waals surface area contributed by atoms with E-state index in [1.807, 2.05) is 54.6 Å². The number of hydrogen-bond acceptors (Lipinski definition) is 4. The van der Waals surface area contributed by atoms with Gasteiger partial charge in [-0.15, -0.1) is 0 Å². The topological polar surface area (TPSA) is 67.6 Å². The van der Waals surface area contributed by atoms with Crippen LogP contribution < -0.4 is 0 Å². The summed E-state index contributed by atoms with van der Waals surface area (Å²) >= 11 is 0. The number of fused-ring (bicyclic) bond motifs is 6. The maximum atomic E-state index is 9.58. The van der Waals surface area contributed by atoms with Crippen molar-refractivity contribution in [2.75, 3.05) is 0 Å². The van der Waals surface area contributed by atoms with Crippen LogP contribution in [0.15, 0.2) is 150 Å². The molecular weight excluding hydrogens is 564 g/mol. The number of rotatable bonds is 4. The van der Waals surface area contributed by atoms with Gasteiger partial charge >= 0.3 is 0 Å². The molecule has 9 rings (SSSR count). The van der Waals surface area contributed by atoms with E-state index in [1.165, 1.54) is 21.8 Å². The summed E-state index contributed by atoms with van der Waals surface area (Å²) in [4.78, 5) is 10.0. The summed E-state index contributed by atoms with van der Waals surface area (Å²) in [5, 5.41) is 13.0. The van der Waals surface area contributed by atoms with Crippen molar-refractivity contribution in [3.63, 3.8) is 0 Å². The molecule has 0 bridgehead atoms. The Bertz CT molecular complexity index is 2610. The third-order valence-corrected chi connectivity index (χ3v) is 8.63. The quantitative estimate of drug-likeness (QED) is 0.205. The average Bonchev–Trinajstić information content (AvgIpc) is 3.67. The van der Waals surface area contributed by atoms with Gasteiger partial charge in [0, 0.05) is 33.0 Å². The van der Waals surface area contributed by atoms with Gasteiger partial charge in [-0.2, -0.15) is 5.26 Å². The summed E-state index contributed by atoms with van der Waals surface area (Å²) in [5.41, 5.74) is 10.6. The Morgan fingerprint density at radius 3 is 2.00 bits per heavy atom. The minimum Gasteiger partial charge on any atom is -0.452 e. The van der Waals surface area contributed by atoms with Crippen LogP contribution in [0, 0.1) is 11.3 Å². The first kappa shape index (κ1) is 25.9. The smallest absolute Gasteiger partial charge is 0.180 e. The summed E-state index contributed by atoms with van der Waals surface area (Å²) in [6.45, 7) is 0. The highest BCUT2D eigenvalue weighted by Gasteiger charge is 2.19. The van der Waals surface area contributed by atoms with Gasteiger partial charge in [-0.05, 0) is 59.7 Å². The van der Waals surface area contributed by atoms with Crippen LogP contribution in [-0.4, -0.2) is 14.5 Å². The zero-order valence-corrected chi connectivity index (χ0v) is 24.6. The molecule has 0 saturated carbocycles. The molecule has 0 unspecified atom stereocenters. The first-order valence-corrected chi connectivity index (χ1v) is 15.1. The van der Waals surface area contributed by atoms with Crippen molar-refractivity contribution in [2.24, 2.45) is 0 Å². The van der Waals surface area contributed by atoms with E-state index in [0.717, 1.165) is 44.4 Å². The number of aromatic nitrogens is 3. The van der Waals surface area contributed by atoms with Gasteiger partial charge in [-0.1, -0.05) is 97.1 Å². The highest BCUT2D eigenvalue weighted by molar-refractivity contribution is 6.10. The molecule has 6 aromatic carbocycles. The third kappa shape index (κ3) is 4.09. The molecule has 5 heteroatoms. The first-order valence-electron chi connectivity index (χ1n) is 15.1. The van der Waals surface area contributed by atoms with Crippen LogP contribution >= 0.6 is 0 Å². The van der Waals surface area contributed by atoms with E-state index in [4.69, 9.17) is 14.4 Å². The van der Waals surface area contributed by atoms with Crippen molar-refractivity contribution >= 4 is 43.9 Å². The molecule has 0 N–H and O–H groups in total. The van der Waals surface area contributed by atoms with Gasteiger partial charge in [0.05, 0.1) is 22.7 Å². The Balaban J connectivity index is 1.25. The van der Waals surface area contributed by atoms with E-state index in [2.05, 4.69) is 95.6 Å². The number of benzene rings is 6. The monoisotopic (exact) mass is 588 g/mol. The second-order valence-electron chi connectivity index (χ2n) is 11.4. The van der Waals surface area contributed by atoms with Gasteiger partial charge in [0.2, 0.25) is 0 Å². The van der Waals surface area contributed by atoms with Crippen molar-refractivity contribution in [3.05, 3.63) is 151 Å². The van der Waals surface area contributed by atoms with Crippen molar-refractivity contribution in [3.8, 4) is 45.5 Å². The van der Waals surface area contributed by atoms with Crippen LogP contribution in [0.3, 0.4) is 0 Å². The fraction of sp³-hybridized carbons (Fsp3) is 0. The van der Waals surface area contributed by atoms with Crippen LogP contribution in [0.25, 0.3) is 83.3 Å². The predicted molar refractivity (Wildman–Crippen MR) is 185 cm³/mol. The van der Waals surface area contributed by atoms with Crippen LogP contribution in [0.1, 0.15) is 5.56 Å². The van der Waals surface area contributed by atoms with Gasteiger partial charge in [-0.3, -0.25) is 0 Å². The molecule has 9 aromatic rings. The fourth-order valence-electron chi connectivity index (χ4n) is 6.50. The van der Waals surface area contributed by atoms with Gasteiger partial charge < -0.3 is 8.98 Å². The molecule has 214 valence electrons. The van der Waals surface area contributed by atoms with Gasteiger partial charge in [-0.25, -0.2) is 9.97 Å². The first-order chi connectivity index (χ1) is 22.7. The largest absolute Gasteiger partial charge is 0.452 e. The zero-order chi connectivity index (χ0) is 30.6. The summed E-state index contributed by atoms with van der Waals surface area (Å²) in [6.07, 6.45) is 0. The standard InChI is InChI=1S/C41H24N4O/c42-25-26-10-8-14-30(22-26)38-40-39(44-41(43-38)27-11-2-1-3-12-27)34-24-29(20-21-37(34)46-40)28-13-9-15-31(23-28)45-35-18-6-4-16-32(35)33-17-5-7-19-36(33)45/h1-24H. The predicted octanol–water partition coefficient (Wildman–Crippen LogP) is 10.3. The minimum atomic E-state index is 0.562. The summed E-state index contributed by atoms with van der Waals surface area (Å²) in [7, 11) is 0. The van der Waals surface area contributed by atoms with E-state index < -0.39 is 0 Å². The number of nitriles is 1. The molecule has 46 heavy (non-hydrogen) atoms. The minimum absolute atomic E-state index is 0.562. The van der Waals surface area contributed by atoms with Crippen LogP contribution in [0.5, 0.6) is 0 Å². The van der Waals surface area contributed by atoms with Gasteiger partial charge in [0.25, 0.3) is 0 Å². The lowest BCUT2D eigenvalue weighted by atomic mass is 10.0. The Morgan fingerprint density at radius 1 is 0.543 bits per heavy atom. The van der Waals surface area contributed by atoms with Crippen LogP contribution in [-0.2, 0) is 0 Å². The molecule has 3 aromatic heterocycles. The maximum Gasteiger partial charge on any atom is 0.180 e. The lowest BCUT2D eigenvalue weighted by molar-refractivity contribution is 0.667. The van der Waals surface area contributed by atoms with Gasteiger partial charge in [0.15, 0.2) is 11.4 Å². The van der Waals surface area contributed by atoms with E-state index >= 15 is 0 Å². The summed E-state index contributed by atoms with van der Waals surface area (Å²) in [5.74, 6) is 0.604. The lowest BCUT2D eigenvalue weighted by Crippen LogP contribution is -1.94. The van der Waals surface area contributed by atoms with E-state index in [-0.39, 0.29) is 0 Å². The SMILES string of the molecule is N#Cc1cccc(-c2nc(-c3ccccc3)nc3c2oc2ccc(-c4cccc(-n5c6ccccc6c6ccccc65)c4)cc23)c1. The van der Waals surface area contributed by atoms with E-state index in [9.17, 15) is 5.26 Å². The Morgan fingerprint density at radius 2 is 1.22 bits per heavy atom. The second kappa shape index (κ2) is 10.3. The van der Waals surface area contributed by atoms with Crippen LogP contribution in [0.4, 0.5) is 0 Å². The molecule has 0 radical (unpaired) electrons. The molecule has 0 aliphatic carbocycles. The van der Waals surface area contributed by atoms with Crippen molar-refractivity contribution in [2.45, 2.75) is 0 Å². The molecule has 3 heterocycles. The molecule has 0 fully saturated rings. The Labute approximate surface area is 264 Å². The zero-order valence-electron chi connectivity index (χ0n) is 24.6. The highest BCUT2D eigenvalue weighted by atomic mass is 16.3. The summed E-state index contributed by atoms with van der Waals surface area (Å²) in [6, 6.07) is 51.7. The number of hydrogen-bond donors (Lipinski definition) is 0. The second-order valence-corrected chi connectivity index (χ2v) is 11.4. The molecule has 0 amide bonds. The van der Waals surface area contributed by atoms with E-state index in [1.54, 1.807) is 6.07 Å². The average molecular weight is 589 g/mol. The van der Waals surface area contributed by atoms with Gasteiger partial charge in [0.1, 0.15) is 16.8 Å². The molecule has 0 aliphatic rings.